The number of fused-ring (bicyclic) bond motifs is 1. The van der Waals surface area contributed by atoms with Crippen LogP contribution in [0.5, 0.6) is 0 Å². The normalized spacial score (nSPS) is 12.7. The van der Waals surface area contributed by atoms with Gasteiger partial charge in [-0.2, -0.15) is 0 Å². The number of nitrogens with zero attached hydrogens (tertiary/aromatic N) is 1. The number of aliphatic hydroxyl groups excluding tert-OH is 1. The largest absolute Gasteiger partial charge is 0.390 e. The van der Waals surface area contributed by atoms with E-state index in [0.717, 1.165) is 28.7 Å². The lowest BCUT2D eigenvalue weighted by molar-refractivity contribution is 0.152. The SMILES string of the molecule is Cc1c(C)n(CC(O)CNCc2ccccc2)c2ccc(F)cc12. The minimum absolute atomic E-state index is 0.229. The molecular weight excluding hydrogens is 303 g/mol. The molecule has 126 valence electrons. The van der Waals surface area contributed by atoms with Crippen LogP contribution in [0.3, 0.4) is 0 Å². The highest BCUT2D eigenvalue weighted by Crippen LogP contribution is 2.26. The molecule has 0 aliphatic rings. The summed E-state index contributed by atoms with van der Waals surface area (Å²) in [6.07, 6.45) is -0.507. The Kier molecular flexibility index (Phi) is 4.97. The lowest BCUT2D eigenvalue weighted by Gasteiger charge is -2.15. The third-order valence-electron chi connectivity index (χ3n) is 4.55. The summed E-state index contributed by atoms with van der Waals surface area (Å²) < 4.78 is 15.5. The van der Waals surface area contributed by atoms with Gasteiger partial charge in [0, 0.05) is 29.7 Å². The summed E-state index contributed by atoms with van der Waals surface area (Å²) in [6.45, 7) is 5.73. The van der Waals surface area contributed by atoms with Crippen molar-refractivity contribution >= 4 is 10.9 Å². The van der Waals surface area contributed by atoms with Crippen molar-refractivity contribution in [1.82, 2.24) is 9.88 Å². The van der Waals surface area contributed by atoms with Crippen molar-refractivity contribution in [2.75, 3.05) is 6.54 Å². The van der Waals surface area contributed by atoms with E-state index >= 15 is 0 Å². The zero-order valence-electron chi connectivity index (χ0n) is 14.1. The predicted molar refractivity (Wildman–Crippen MR) is 95.5 cm³/mol. The van der Waals surface area contributed by atoms with E-state index < -0.39 is 6.10 Å². The highest BCUT2D eigenvalue weighted by molar-refractivity contribution is 5.85. The van der Waals surface area contributed by atoms with Crippen LogP contribution in [0.2, 0.25) is 0 Å². The summed E-state index contributed by atoms with van der Waals surface area (Å²) >= 11 is 0. The molecule has 0 spiro atoms. The molecule has 1 atom stereocenters. The number of rotatable bonds is 6. The molecule has 3 aromatic rings. The molecule has 3 rings (SSSR count). The van der Waals surface area contributed by atoms with Crippen molar-refractivity contribution in [3.8, 4) is 0 Å². The quantitative estimate of drug-likeness (QED) is 0.727. The maximum absolute atomic E-state index is 13.5. The van der Waals surface area contributed by atoms with Crippen LogP contribution in [-0.2, 0) is 13.1 Å². The topological polar surface area (TPSA) is 37.2 Å². The van der Waals surface area contributed by atoms with Crippen molar-refractivity contribution in [3.63, 3.8) is 0 Å². The van der Waals surface area contributed by atoms with E-state index in [2.05, 4.69) is 22.0 Å². The van der Waals surface area contributed by atoms with Crippen LogP contribution >= 0.6 is 0 Å². The van der Waals surface area contributed by atoms with Crippen molar-refractivity contribution in [2.45, 2.75) is 33.0 Å². The number of halogens is 1. The summed E-state index contributed by atoms with van der Waals surface area (Å²) in [5.41, 5.74) is 4.29. The Morgan fingerprint density at radius 1 is 1.12 bits per heavy atom. The summed E-state index contributed by atoms with van der Waals surface area (Å²) in [4.78, 5) is 0. The fourth-order valence-electron chi connectivity index (χ4n) is 3.11. The predicted octanol–water partition coefficient (Wildman–Crippen LogP) is 3.55. The van der Waals surface area contributed by atoms with Crippen LogP contribution in [0.4, 0.5) is 4.39 Å². The first-order valence-electron chi connectivity index (χ1n) is 8.24. The first kappa shape index (κ1) is 16.7. The Bertz CT molecular complexity index is 827. The van der Waals surface area contributed by atoms with E-state index in [9.17, 15) is 9.50 Å². The van der Waals surface area contributed by atoms with Gasteiger partial charge in [0.15, 0.2) is 0 Å². The molecule has 0 aliphatic carbocycles. The second kappa shape index (κ2) is 7.16. The first-order chi connectivity index (χ1) is 11.6. The monoisotopic (exact) mass is 326 g/mol. The molecule has 2 aromatic carbocycles. The van der Waals surface area contributed by atoms with E-state index in [0.29, 0.717) is 13.1 Å². The van der Waals surface area contributed by atoms with Crippen molar-refractivity contribution in [2.24, 2.45) is 0 Å². The fraction of sp³-hybridized carbons (Fsp3) is 0.300. The minimum Gasteiger partial charge on any atom is -0.390 e. The first-order valence-corrected chi connectivity index (χ1v) is 8.24. The van der Waals surface area contributed by atoms with Gasteiger partial charge in [0.25, 0.3) is 0 Å². The Labute approximate surface area is 141 Å². The zero-order valence-corrected chi connectivity index (χ0v) is 14.1. The van der Waals surface area contributed by atoms with Crippen molar-refractivity contribution in [1.29, 1.82) is 0 Å². The van der Waals surface area contributed by atoms with Gasteiger partial charge in [-0.05, 0) is 43.2 Å². The number of hydrogen-bond donors (Lipinski definition) is 2. The van der Waals surface area contributed by atoms with Crippen LogP contribution < -0.4 is 5.32 Å². The van der Waals surface area contributed by atoms with Crippen LogP contribution in [-0.4, -0.2) is 22.3 Å². The third kappa shape index (κ3) is 3.50. The Hall–Kier alpha value is -2.17. The standard InChI is InChI=1S/C20H23FN2O/c1-14-15(2)23(20-9-8-17(21)10-19(14)20)13-18(24)12-22-11-16-6-4-3-5-7-16/h3-10,18,22,24H,11-13H2,1-2H3. The molecule has 1 unspecified atom stereocenters. The molecule has 1 heterocycles. The van der Waals surface area contributed by atoms with Gasteiger partial charge >= 0.3 is 0 Å². The highest BCUT2D eigenvalue weighted by Gasteiger charge is 2.14. The lowest BCUT2D eigenvalue weighted by Crippen LogP contribution is -2.30. The molecule has 3 nitrogen and oxygen atoms in total. The van der Waals surface area contributed by atoms with Gasteiger partial charge < -0.3 is 15.0 Å². The molecule has 24 heavy (non-hydrogen) atoms. The summed E-state index contributed by atoms with van der Waals surface area (Å²) in [6, 6.07) is 14.9. The minimum atomic E-state index is -0.507. The molecule has 0 aliphatic heterocycles. The average molecular weight is 326 g/mol. The highest BCUT2D eigenvalue weighted by atomic mass is 19.1. The van der Waals surface area contributed by atoms with Gasteiger partial charge in [0.05, 0.1) is 12.6 Å². The molecule has 0 amide bonds. The average Bonchev–Trinajstić information content (AvgIpc) is 2.80. The van der Waals surface area contributed by atoms with Gasteiger partial charge in [0.2, 0.25) is 0 Å². The number of nitrogens with one attached hydrogen (secondary N) is 1. The Morgan fingerprint density at radius 2 is 1.88 bits per heavy atom. The van der Waals surface area contributed by atoms with E-state index in [1.165, 1.54) is 11.6 Å². The van der Waals surface area contributed by atoms with Gasteiger partial charge in [-0.15, -0.1) is 0 Å². The molecule has 1 aromatic heterocycles. The number of aromatic nitrogens is 1. The van der Waals surface area contributed by atoms with E-state index in [4.69, 9.17) is 0 Å². The molecule has 2 N–H and O–H groups in total. The molecule has 0 bridgehead atoms. The van der Waals surface area contributed by atoms with Crippen LogP contribution in [0, 0.1) is 19.7 Å². The van der Waals surface area contributed by atoms with Crippen LogP contribution in [0.1, 0.15) is 16.8 Å². The van der Waals surface area contributed by atoms with Gasteiger partial charge in [-0.3, -0.25) is 0 Å². The maximum atomic E-state index is 13.5. The molecule has 4 heteroatoms. The van der Waals surface area contributed by atoms with E-state index in [-0.39, 0.29) is 5.82 Å². The Morgan fingerprint density at radius 3 is 2.62 bits per heavy atom. The second-order valence-corrected chi connectivity index (χ2v) is 6.25. The van der Waals surface area contributed by atoms with Crippen molar-refractivity contribution < 1.29 is 9.50 Å². The molecule has 0 radical (unpaired) electrons. The molecular formula is C20H23FN2O. The molecule has 0 saturated carbocycles. The maximum Gasteiger partial charge on any atom is 0.123 e. The van der Waals surface area contributed by atoms with Gasteiger partial charge in [0.1, 0.15) is 5.82 Å². The van der Waals surface area contributed by atoms with E-state index in [1.807, 2.05) is 32.0 Å². The smallest absolute Gasteiger partial charge is 0.123 e. The lowest BCUT2D eigenvalue weighted by atomic mass is 10.1. The van der Waals surface area contributed by atoms with Gasteiger partial charge in [-0.25, -0.2) is 4.39 Å². The zero-order chi connectivity index (χ0) is 17.1. The summed E-state index contributed by atoms with van der Waals surface area (Å²) in [7, 11) is 0. The number of benzene rings is 2. The summed E-state index contributed by atoms with van der Waals surface area (Å²) in [5, 5.41) is 14.6. The van der Waals surface area contributed by atoms with Crippen LogP contribution in [0.15, 0.2) is 48.5 Å². The van der Waals surface area contributed by atoms with Crippen LogP contribution in [0.25, 0.3) is 10.9 Å². The second-order valence-electron chi connectivity index (χ2n) is 6.25. The fourth-order valence-corrected chi connectivity index (χ4v) is 3.11. The molecule has 0 fully saturated rings. The third-order valence-corrected chi connectivity index (χ3v) is 4.55. The summed E-state index contributed by atoms with van der Waals surface area (Å²) in [5.74, 6) is -0.229. The van der Waals surface area contributed by atoms with Crippen molar-refractivity contribution in [3.05, 3.63) is 71.2 Å². The van der Waals surface area contributed by atoms with Gasteiger partial charge in [-0.1, -0.05) is 30.3 Å². The number of aryl methyl sites for hydroxylation is 1. The van der Waals surface area contributed by atoms with E-state index in [1.54, 1.807) is 12.1 Å². The molecule has 0 saturated heterocycles. The number of hydrogen-bond acceptors (Lipinski definition) is 2. The number of aliphatic hydroxyl groups is 1. The Balaban J connectivity index is 1.67.